The molecule has 1 aliphatic rings. The van der Waals surface area contributed by atoms with Gasteiger partial charge in [0.2, 0.25) is 0 Å². The van der Waals surface area contributed by atoms with Crippen molar-refractivity contribution in [3.63, 3.8) is 0 Å². The van der Waals surface area contributed by atoms with Gasteiger partial charge in [-0.3, -0.25) is 4.99 Å². The highest BCUT2D eigenvalue weighted by atomic mass is 19.1. The Morgan fingerprint density at radius 2 is 1.96 bits per heavy atom. The summed E-state index contributed by atoms with van der Waals surface area (Å²) in [6, 6.07) is 6.08. The number of nitrogens with one attached hydrogen (secondary N) is 2. The second-order valence-corrected chi connectivity index (χ2v) is 6.60. The molecule has 1 aromatic rings. The number of guanidine groups is 1. The Kier molecular flexibility index (Phi) is 7.98. The smallest absolute Gasteiger partial charge is 0.190 e. The lowest BCUT2D eigenvalue weighted by atomic mass is 9.67. The van der Waals surface area contributed by atoms with Crippen molar-refractivity contribution >= 4 is 5.96 Å². The van der Waals surface area contributed by atoms with Crippen LogP contribution in [0.25, 0.3) is 0 Å². The highest BCUT2D eigenvalue weighted by molar-refractivity contribution is 5.79. The van der Waals surface area contributed by atoms with E-state index < -0.39 is 0 Å². The van der Waals surface area contributed by atoms with E-state index in [4.69, 9.17) is 9.47 Å². The number of ether oxygens (including phenoxy) is 2. The van der Waals surface area contributed by atoms with Crippen LogP contribution in [0.1, 0.15) is 32.1 Å². The van der Waals surface area contributed by atoms with Gasteiger partial charge in [0.15, 0.2) is 5.96 Å². The third-order valence-electron chi connectivity index (χ3n) is 4.80. The van der Waals surface area contributed by atoms with Gasteiger partial charge >= 0.3 is 0 Å². The number of nitrogens with zero attached hydrogens (tertiary/aromatic N) is 1. The summed E-state index contributed by atoms with van der Waals surface area (Å²) in [5, 5.41) is 6.75. The van der Waals surface area contributed by atoms with E-state index in [0.29, 0.717) is 17.8 Å². The number of hydrogen-bond acceptors (Lipinski definition) is 3. The first-order valence-electron chi connectivity index (χ1n) is 8.99. The Morgan fingerprint density at radius 3 is 2.56 bits per heavy atom. The molecule has 2 rings (SSSR count). The topological polar surface area (TPSA) is 54.9 Å². The normalized spacial score (nSPS) is 16.2. The van der Waals surface area contributed by atoms with Gasteiger partial charge in [0, 0.05) is 33.9 Å². The number of rotatable bonds is 10. The fraction of sp³-hybridized carbons (Fsp3) is 0.632. The van der Waals surface area contributed by atoms with Crippen LogP contribution in [0.2, 0.25) is 0 Å². The zero-order chi connectivity index (χ0) is 18.0. The lowest BCUT2D eigenvalue weighted by molar-refractivity contribution is 0.0732. The van der Waals surface area contributed by atoms with Gasteiger partial charge in [0.1, 0.15) is 11.6 Å². The van der Waals surface area contributed by atoms with Gasteiger partial charge in [-0.05, 0) is 55.4 Å². The Balaban J connectivity index is 1.61. The van der Waals surface area contributed by atoms with Crippen molar-refractivity contribution in [3.05, 3.63) is 30.1 Å². The molecule has 1 aromatic carbocycles. The molecule has 0 atom stereocenters. The van der Waals surface area contributed by atoms with E-state index in [9.17, 15) is 4.39 Å². The molecule has 140 valence electrons. The molecule has 0 bridgehead atoms. The first-order chi connectivity index (χ1) is 12.2. The number of halogens is 1. The first kappa shape index (κ1) is 19.5. The third-order valence-corrected chi connectivity index (χ3v) is 4.80. The minimum Gasteiger partial charge on any atom is -0.494 e. The van der Waals surface area contributed by atoms with Crippen molar-refractivity contribution in [2.45, 2.75) is 32.1 Å². The van der Waals surface area contributed by atoms with Crippen LogP contribution in [0.5, 0.6) is 5.75 Å². The van der Waals surface area contributed by atoms with Gasteiger partial charge < -0.3 is 20.1 Å². The van der Waals surface area contributed by atoms with Crippen molar-refractivity contribution in [1.29, 1.82) is 0 Å². The van der Waals surface area contributed by atoms with Gasteiger partial charge in [0.05, 0.1) is 6.61 Å². The largest absolute Gasteiger partial charge is 0.494 e. The SMILES string of the molecule is CN=C(NCCCOc1ccc(F)cc1)NCC1(CCOC)CCC1. The van der Waals surface area contributed by atoms with E-state index in [1.807, 2.05) is 0 Å². The molecule has 0 radical (unpaired) electrons. The second-order valence-electron chi connectivity index (χ2n) is 6.60. The van der Waals surface area contributed by atoms with Crippen molar-refractivity contribution in [2.24, 2.45) is 10.4 Å². The van der Waals surface area contributed by atoms with Crippen LogP contribution in [0.3, 0.4) is 0 Å². The van der Waals surface area contributed by atoms with E-state index in [0.717, 1.165) is 38.5 Å². The Labute approximate surface area is 150 Å². The van der Waals surface area contributed by atoms with E-state index >= 15 is 0 Å². The zero-order valence-electron chi connectivity index (χ0n) is 15.3. The summed E-state index contributed by atoms with van der Waals surface area (Å²) in [4.78, 5) is 4.28. The number of benzene rings is 1. The molecule has 25 heavy (non-hydrogen) atoms. The Hall–Kier alpha value is -1.82. The van der Waals surface area contributed by atoms with Crippen molar-refractivity contribution in [3.8, 4) is 5.75 Å². The first-order valence-corrected chi connectivity index (χ1v) is 8.99. The molecule has 0 spiro atoms. The second kappa shape index (κ2) is 10.2. The van der Waals surface area contributed by atoms with Crippen LogP contribution in [-0.2, 0) is 4.74 Å². The maximum Gasteiger partial charge on any atom is 0.190 e. The van der Waals surface area contributed by atoms with Gasteiger partial charge in [-0.2, -0.15) is 0 Å². The molecule has 1 fully saturated rings. The maximum absolute atomic E-state index is 12.8. The molecular formula is C19H30FN3O2. The van der Waals surface area contributed by atoms with Gasteiger partial charge in [-0.1, -0.05) is 6.42 Å². The fourth-order valence-electron chi connectivity index (χ4n) is 3.00. The third kappa shape index (κ3) is 6.53. The molecule has 6 heteroatoms. The average Bonchev–Trinajstić information content (AvgIpc) is 2.60. The van der Waals surface area contributed by atoms with Gasteiger partial charge in [0.25, 0.3) is 0 Å². The van der Waals surface area contributed by atoms with Crippen LogP contribution in [0, 0.1) is 11.2 Å². The van der Waals surface area contributed by atoms with Gasteiger partial charge in [-0.25, -0.2) is 4.39 Å². The van der Waals surface area contributed by atoms with Crippen molar-refractivity contribution < 1.29 is 13.9 Å². The Bertz CT molecular complexity index is 530. The molecular weight excluding hydrogens is 321 g/mol. The standard InChI is InChI=1S/C19H30FN3O2/c1-21-18(23-15-19(9-3-10-19)11-14-24-2)22-12-4-13-25-17-7-5-16(20)6-8-17/h5-8H,3-4,9-15H2,1-2H3,(H2,21,22,23). The molecule has 5 nitrogen and oxygen atoms in total. The van der Waals surface area contributed by atoms with Gasteiger partial charge in [-0.15, -0.1) is 0 Å². The summed E-state index contributed by atoms with van der Waals surface area (Å²) in [6.07, 6.45) is 5.75. The van der Waals surface area contributed by atoms with E-state index in [-0.39, 0.29) is 5.82 Å². The maximum atomic E-state index is 12.8. The van der Waals surface area contributed by atoms with Crippen LogP contribution in [-0.4, -0.2) is 46.4 Å². The van der Waals surface area contributed by atoms with Crippen LogP contribution >= 0.6 is 0 Å². The molecule has 1 saturated carbocycles. The van der Waals surface area contributed by atoms with Crippen LogP contribution < -0.4 is 15.4 Å². The average molecular weight is 351 g/mol. The summed E-state index contributed by atoms with van der Waals surface area (Å²) in [7, 11) is 3.54. The number of methoxy groups -OCH3 is 1. The highest BCUT2D eigenvalue weighted by Crippen LogP contribution is 2.43. The lowest BCUT2D eigenvalue weighted by Crippen LogP contribution is -2.47. The molecule has 0 amide bonds. The predicted octanol–water partition coefficient (Wildman–Crippen LogP) is 2.97. The molecule has 0 heterocycles. The van der Waals surface area contributed by atoms with Crippen LogP contribution in [0.15, 0.2) is 29.3 Å². The van der Waals surface area contributed by atoms with Crippen LogP contribution in [0.4, 0.5) is 4.39 Å². The minimum atomic E-state index is -0.251. The summed E-state index contributed by atoms with van der Waals surface area (Å²) in [5.74, 6) is 1.26. The van der Waals surface area contributed by atoms with Crippen molar-refractivity contribution in [2.75, 3.05) is 40.5 Å². The molecule has 0 saturated heterocycles. The van der Waals surface area contributed by atoms with E-state index in [1.54, 1.807) is 26.3 Å². The number of hydrogen-bond donors (Lipinski definition) is 2. The monoisotopic (exact) mass is 351 g/mol. The molecule has 0 aliphatic heterocycles. The predicted molar refractivity (Wildman–Crippen MR) is 98.7 cm³/mol. The molecule has 0 unspecified atom stereocenters. The highest BCUT2D eigenvalue weighted by Gasteiger charge is 2.36. The fourth-order valence-corrected chi connectivity index (χ4v) is 3.00. The zero-order valence-corrected chi connectivity index (χ0v) is 15.3. The summed E-state index contributed by atoms with van der Waals surface area (Å²) >= 11 is 0. The van der Waals surface area contributed by atoms with E-state index in [2.05, 4.69) is 15.6 Å². The number of aliphatic imine (C=N–C) groups is 1. The lowest BCUT2D eigenvalue weighted by Gasteiger charge is -2.42. The van der Waals surface area contributed by atoms with Crippen molar-refractivity contribution in [1.82, 2.24) is 10.6 Å². The summed E-state index contributed by atoms with van der Waals surface area (Å²) in [6.45, 7) is 3.09. The summed E-state index contributed by atoms with van der Waals surface area (Å²) in [5.41, 5.74) is 0.360. The molecule has 1 aliphatic carbocycles. The molecule has 0 aromatic heterocycles. The van der Waals surface area contributed by atoms with E-state index in [1.165, 1.54) is 31.4 Å². The summed E-state index contributed by atoms with van der Waals surface area (Å²) < 4.78 is 23.6. The molecule has 2 N–H and O–H groups in total. The quantitative estimate of drug-likeness (QED) is 0.387. The Morgan fingerprint density at radius 1 is 1.20 bits per heavy atom. The minimum absolute atomic E-state index is 0.251.